The highest BCUT2D eigenvalue weighted by molar-refractivity contribution is 9.10. The maximum absolute atomic E-state index is 13.6. The first kappa shape index (κ1) is 22.0. The summed E-state index contributed by atoms with van der Waals surface area (Å²) in [7, 11) is -3.90. The summed E-state index contributed by atoms with van der Waals surface area (Å²) in [6.45, 7) is 1.69. The number of sulfonamides is 1. The van der Waals surface area contributed by atoms with E-state index in [9.17, 15) is 13.2 Å². The molecule has 6 rings (SSSR count). The van der Waals surface area contributed by atoms with Crippen molar-refractivity contribution < 1.29 is 13.2 Å². The summed E-state index contributed by atoms with van der Waals surface area (Å²) in [5, 5.41) is 3.32. The molecule has 1 amide bonds. The molecule has 5 nitrogen and oxygen atoms in total. The number of rotatable bonds is 6. The van der Waals surface area contributed by atoms with Gasteiger partial charge in [0.1, 0.15) is 6.54 Å². The molecule has 4 saturated carbocycles. The van der Waals surface area contributed by atoms with E-state index in [2.05, 4.69) is 21.2 Å². The smallest absolute Gasteiger partial charge is 0.264 e. The fourth-order valence-electron chi connectivity index (χ4n) is 6.51. The first-order chi connectivity index (χ1) is 15.2. The van der Waals surface area contributed by atoms with Gasteiger partial charge in [-0.15, -0.1) is 0 Å². The van der Waals surface area contributed by atoms with Crippen molar-refractivity contribution in [2.75, 3.05) is 10.8 Å². The van der Waals surface area contributed by atoms with Crippen LogP contribution < -0.4 is 9.62 Å². The number of carbonyl (C=O) groups excluding carboxylic acids is 1. The van der Waals surface area contributed by atoms with Gasteiger partial charge in [0, 0.05) is 10.0 Å². The van der Waals surface area contributed by atoms with Crippen LogP contribution in [0.1, 0.15) is 44.1 Å². The monoisotopic (exact) mass is 516 g/mol. The van der Waals surface area contributed by atoms with E-state index in [1.165, 1.54) is 23.6 Å². The number of nitrogens with one attached hydrogen (secondary N) is 1. The Kier molecular flexibility index (Phi) is 5.61. The van der Waals surface area contributed by atoms with Gasteiger partial charge in [0.15, 0.2) is 0 Å². The lowest BCUT2D eigenvalue weighted by molar-refractivity contribution is -0.125. The van der Waals surface area contributed by atoms with Gasteiger partial charge >= 0.3 is 0 Å². The zero-order chi connectivity index (χ0) is 22.5. The van der Waals surface area contributed by atoms with Crippen molar-refractivity contribution in [1.29, 1.82) is 0 Å². The molecule has 1 N–H and O–H groups in total. The van der Waals surface area contributed by atoms with Crippen LogP contribution in [-0.2, 0) is 14.8 Å². The second-order valence-corrected chi connectivity index (χ2v) is 12.8. The molecule has 0 atom stereocenters. The lowest BCUT2D eigenvalue weighted by Crippen LogP contribution is -2.61. The van der Waals surface area contributed by atoms with Gasteiger partial charge in [-0.3, -0.25) is 9.10 Å². The van der Waals surface area contributed by atoms with Crippen LogP contribution in [0, 0.1) is 24.7 Å². The van der Waals surface area contributed by atoms with Gasteiger partial charge in [0.2, 0.25) is 5.91 Å². The Morgan fingerprint density at radius 3 is 2.19 bits per heavy atom. The third-order valence-corrected chi connectivity index (χ3v) is 9.72. The molecule has 0 heterocycles. The number of anilines is 1. The van der Waals surface area contributed by atoms with Gasteiger partial charge in [-0.05, 0) is 93.5 Å². The molecular formula is C25H29BrN2O3S. The van der Waals surface area contributed by atoms with E-state index in [4.69, 9.17) is 0 Å². The second kappa shape index (κ2) is 8.17. The molecule has 0 spiro atoms. The van der Waals surface area contributed by atoms with Crippen LogP contribution in [0.5, 0.6) is 0 Å². The molecule has 2 aromatic rings. The molecule has 2 aromatic carbocycles. The van der Waals surface area contributed by atoms with Crippen LogP contribution in [0.4, 0.5) is 5.69 Å². The highest BCUT2D eigenvalue weighted by Crippen LogP contribution is 2.55. The zero-order valence-corrected chi connectivity index (χ0v) is 20.7. The fourth-order valence-corrected chi connectivity index (χ4v) is 8.31. The standard InChI is InChI=1S/C25H29BrN2O3S/c1-17-5-7-23(8-6-17)32(30,31)28(22-4-2-3-21(26)12-22)16-24(29)27-25-13-18-9-19(14-25)11-20(10-18)15-25/h2-8,12,18-20H,9-11,13-16H2,1H3,(H,27,29). The molecule has 0 unspecified atom stereocenters. The quantitative estimate of drug-likeness (QED) is 0.584. The fraction of sp³-hybridized carbons (Fsp3) is 0.480. The SMILES string of the molecule is Cc1ccc(S(=O)(=O)N(CC(=O)NC23CC4CC(CC(C4)C2)C3)c2cccc(Br)c2)cc1. The predicted molar refractivity (Wildman–Crippen MR) is 129 cm³/mol. The molecule has 4 bridgehead atoms. The van der Waals surface area contributed by atoms with Gasteiger partial charge in [0.25, 0.3) is 10.0 Å². The van der Waals surface area contributed by atoms with Crippen LogP contribution in [0.2, 0.25) is 0 Å². The van der Waals surface area contributed by atoms with E-state index in [1.807, 2.05) is 13.0 Å². The lowest BCUT2D eigenvalue weighted by Gasteiger charge is -2.57. The summed E-state index contributed by atoms with van der Waals surface area (Å²) >= 11 is 3.43. The molecule has 0 saturated heterocycles. The topological polar surface area (TPSA) is 66.5 Å². The molecule has 4 aliphatic rings. The summed E-state index contributed by atoms with van der Waals surface area (Å²) in [5.74, 6) is 1.90. The van der Waals surface area contributed by atoms with Gasteiger partial charge in [-0.25, -0.2) is 8.42 Å². The van der Waals surface area contributed by atoms with Gasteiger partial charge in [-0.1, -0.05) is 39.7 Å². The predicted octanol–water partition coefficient (Wildman–Crippen LogP) is 5.04. The lowest BCUT2D eigenvalue weighted by atomic mass is 9.53. The van der Waals surface area contributed by atoms with Crippen molar-refractivity contribution >= 4 is 37.5 Å². The Morgan fingerprint density at radius 1 is 1.03 bits per heavy atom. The molecule has 4 aliphatic carbocycles. The minimum absolute atomic E-state index is 0.150. The summed E-state index contributed by atoms with van der Waals surface area (Å²) in [6.07, 6.45) is 6.98. The van der Waals surface area contributed by atoms with E-state index < -0.39 is 10.0 Å². The van der Waals surface area contributed by atoms with E-state index in [0.29, 0.717) is 23.4 Å². The third kappa shape index (κ3) is 4.21. The molecule has 4 fully saturated rings. The Morgan fingerprint density at radius 2 is 1.62 bits per heavy atom. The third-order valence-electron chi connectivity index (χ3n) is 7.44. The molecule has 0 radical (unpaired) electrons. The second-order valence-electron chi connectivity index (χ2n) is 10.1. The molecule has 0 aromatic heterocycles. The van der Waals surface area contributed by atoms with Gasteiger partial charge < -0.3 is 5.32 Å². The van der Waals surface area contributed by atoms with E-state index in [1.54, 1.807) is 42.5 Å². The Hall–Kier alpha value is -1.86. The molecule has 7 heteroatoms. The zero-order valence-electron chi connectivity index (χ0n) is 18.3. The van der Waals surface area contributed by atoms with Crippen molar-refractivity contribution in [3.05, 3.63) is 58.6 Å². The maximum atomic E-state index is 13.6. The summed E-state index contributed by atoms with van der Waals surface area (Å²) in [6, 6.07) is 13.9. The van der Waals surface area contributed by atoms with Crippen LogP contribution in [0.15, 0.2) is 57.9 Å². The van der Waals surface area contributed by atoms with E-state index in [-0.39, 0.29) is 22.9 Å². The highest BCUT2D eigenvalue weighted by Gasteiger charge is 2.51. The van der Waals surface area contributed by atoms with E-state index in [0.717, 1.165) is 29.3 Å². The Bertz CT molecular complexity index is 1090. The van der Waals surface area contributed by atoms with Crippen molar-refractivity contribution in [1.82, 2.24) is 5.32 Å². The van der Waals surface area contributed by atoms with Crippen molar-refractivity contribution in [3.63, 3.8) is 0 Å². The van der Waals surface area contributed by atoms with Gasteiger partial charge in [0.05, 0.1) is 10.6 Å². The number of hydrogen-bond donors (Lipinski definition) is 1. The first-order valence-electron chi connectivity index (χ1n) is 11.4. The minimum Gasteiger partial charge on any atom is -0.349 e. The number of amides is 1. The van der Waals surface area contributed by atoms with Crippen LogP contribution >= 0.6 is 15.9 Å². The number of halogens is 1. The average molecular weight is 517 g/mol. The molecule has 170 valence electrons. The number of nitrogens with zero attached hydrogens (tertiary/aromatic N) is 1. The van der Waals surface area contributed by atoms with Crippen LogP contribution in [0.25, 0.3) is 0 Å². The summed E-state index contributed by atoms with van der Waals surface area (Å²) < 4.78 is 29.2. The highest BCUT2D eigenvalue weighted by atomic mass is 79.9. The molecule has 32 heavy (non-hydrogen) atoms. The minimum atomic E-state index is -3.90. The number of aryl methyl sites for hydroxylation is 1. The van der Waals surface area contributed by atoms with Crippen LogP contribution in [0.3, 0.4) is 0 Å². The van der Waals surface area contributed by atoms with Crippen molar-refractivity contribution in [3.8, 4) is 0 Å². The average Bonchev–Trinajstić information content (AvgIpc) is 2.71. The Balaban J connectivity index is 1.42. The van der Waals surface area contributed by atoms with E-state index >= 15 is 0 Å². The summed E-state index contributed by atoms with van der Waals surface area (Å²) in [4.78, 5) is 13.5. The summed E-state index contributed by atoms with van der Waals surface area (Å²) in [5.41, 5.74) is 1.31. The van der Waals surface area contributed by atoms with Crippen LogP contribution in [-0.4, -0.2) is 26.4 Å². The molecular weight excluding hydrogens is 488 g/mol. The first-order valence-corrected chi connectivity index (χ1v) is 13.6. The van der Waals surface area contributed by atoms with Crippen molar-refractivity contribution in [2.24, 2.45) is 17.8 Å². The van der Waals surface area contributed by atoms with Gasteiger partial charge in [-0.2, -0.15) is 0 Å². The van der Waals surface area contributed by atoms with Crippen molar-refractivity contribution in [2.45, 2.75) is 55.9 Å². The largest absolute Gasteiger partial charge is 0.349 e. The number of hydrogen-bond acceptors (Lipinski definition) is 3. The maximum Gasteiger partial charge on any atom is 0.264 e. The number of carbonyl (C=O) groups is 1. The Labute approximate surface area is 198 Å². The number of benzene rings is 2. The normalized spacial score (nSPS) is 28.5. The molecule has 0 aliphatic heterocycles.